The van der Waals surface area contributed by atoms with Crippen molar-refractivity contribution in [1.29, 1.82) is 5.26 Å². The predicted octanol–water partition coefficient (Wildman–Crippen LogP) is 2.23. The van der Waals surface area contributed by atoms with Gasteiger partial charge in [-0.25, -0.2) is 4.98 Å². The van der Waals surface area contributed by atoms with E-state index in [1.54, 1.807) is 6.20 Å². The third kappa shape index (κ3) is 2.80. The number of pyridine rings is 1. The molecule has 0 radical (unpaired) electrons. The summed E-state index contributed by atoms with van der Waals surface area (Å²) in [4.78, 5) is 4.05. The largest absolute Gasteiger partial charge is 0.312 e. The number of rotatable bonds is 4. The zero-order valence-electron chi connectivity index (χ0n) is 9.45. The molecule has 3 nitrogen and oxygen atoms in total. The van der Waals surface area contributed by atoms with E-state index in [4.69, 9.17) is 5.26 Å². The van der Waals surface area contributed by atoms with Crippen molar-refractivity contribution in [3.05, 3.63) is 29.6 Å². The molecule has 1 fully saturated rings. The van der Waals surface area contributed by atoms with Crippen LogP contribution in [0.4, 0.5) is 0 Å². The van der Waals surface area contributed by atoms with Crippen LogP contribution in [0.3, 0.4) is 0 Å². The maximum atomic E-state index is 8.89. The fraction of sp³-hybridized carbons (Fsp3) is 0.538. The monoisotopic (exact) mass is 215 g/mol. The lowest BCUT2D eigenvalue weighted by Crippen LogP contribution is -2.21. The van der Waals surface area contributed by atoms with Gasteiger partial charge in [-0.05, 0) is 31.4 Å². The Labute approximate surface area is 96.5 Å². The second-order valence-corrected chi connectivity index (χ2v) is 4.40. The Bertz CT molecular complexity index is 375. The summed E-state index contributed by atoms with van der Waals surface area (Å²) in [6.07, 6.45) is 7.13. The minimum absolute atomic E-state index is 0.543. The highest BCUT2D eigenvalue weighted by Crippen LogP contribution is 2.23. The highest BCUT2D eigenvalue weighted by atomic mass is 14.9. The number of nitrogens with one attached hydrogen (secondary N) is 1. The fourth-order valence-electron chi connectivity index (χ4n) is 2.31. The topological polar surface area (TPSA) is 48.7 Å². The molecule has 16 heavy (non-hydrogen) atoms. The number of hydrogen-bond acceptors (Lipinski definition) is 3. The molecule has 0 aliphatic heterocycles. The van der Waals surface area contributed by atoms with Crippen molar-refractivity contribution in [1.82, 2.24) is 10.3 Å². The van der Waals surface area contributed by atoms with E-state index in [0.29, 0.717) is 5.69 Å². The first-order chi connectivity index (χ1) is 7.90. The second kappa shape index (κ2) is 5.62. The molecule has 84 valence electrons. The quantitative estimate of drug-likeness (QED) is 0.838. The Morgan fingerprint density at radius 1 is 1.44 bits per heavy atom. The minimum Gasteiger partial charge on any atom is -0.312 e. The Morgan fingerprint density at radius 3 is 3.00 bits per heavy atom. The van der Waals surface area contributed by atoms with Crippen molar-refractivity contribution in [3.8, 4) is 6.07 Å². The number of nitrogens with zero attached hydrogens (tertiary/aromatic N) is 2. The summed E-state index contributed by atoms with van der Waals surface area (Å²) < 4.78 is 0. The molecule has 0 spiro atoms. The second-order valence-electron chi connectivity index (χ2n) is 4.40. The van der Waals surface area contributed by atoms with Gasteiger partial charge in [-0.1, -0.05) is 18.9 Å². The van der Waals surface area contributed by atoms with Crippen LogP contribution in [0.1, 0.15) is 36.9 Å². The standard InChI is InChI=1S/C13H17N3/c14-8-13-12(6-3-7-16-13)10-15-9-11-4-1-2-5-11/h3,6-7,11,15H,1-2,4-5,9-10H2. The van der Waals surface area contributed by atoms with Crippen LogP contribution in [0.2, 0.25) is 0 Å². The molecule has 0 amide bonds. The van der Waals surface area contributed by atoms with E-state index in [2.05, 4.69) is 16.4 Å². The van der Waals surface area contributed by atoms with Crippen molar-refractivity contribution in [2.24, 2.45) is 5.92 Å². The van der Waals surface area contributed by atoms with Gasteiger partial charge in [0.25, 0.3) is 0 Å². The number of aromatic nitrogens is 1. The van der Waals surface area contributed by atoms with Crippen LogP contribution < -0.4 is 5.32 Å². The Balaban J connectivity index is 1.82. The molecule has 1 heterocycles. The van der Waals surface area contributed by atoms with E-state index in [9.17, 15) is 0 Å². The van der Waals surface area contributed by atoms with Gasteiger partial charge in [-0.15, -0.1) is 0 Å². The zero-order valence-corrected chi connectivity index (χ0v) is 9.45. The van der Waals surface area contributed by atoms with Crippen molar-refractivity contribution >= 4 is 0 Å². The van der Waals surface area contributed by atoms with Gasteiger partial charge in [0, 0.05) is 18.3 Å². The SMILES string of the molecule is N#Cc1ncccc1CNCC1CCCC1. The summed E-state index contributed by atoms with van der Waals surface area (Å²) in [5.41, 5.74) is 1.55. The van der Waals surface area contributed by atoms with Crippen molar-refractivity contribution in [3.63, 3.8) is 0 Å². The van der Waals surface area contributed by atoms with Gasteiger partial charge in [-0.3, -0.25) is 0 Å². The molecule has 0 saturated heterocycles. The van der Waals surface area contributed by atoms with Crippen LogP contribution in [0.5, 0.6) is 0 Å². The van der Waals surface area contributed by atoms with E-state index in [1.807, 2.05) is 12.1 Å². The lowest BCUT2D eigenvalue weighted by molar-refractivity contribution is 0.489. The van der Waals surface area contributed by atoms with E-state index < -0.39 is 0 Å². The van der Waals surface area contributed by atoms with Gasteiger partial charge in [0.1, 0.15) is 11.8 Å². The molecule has 1 saturated carbocycles. The van der Waals surface area contributed by atoms with E-state index >= 15 is 0 Å². The third-order valence-electron chi connectivity index (χ3n) is 3.22. The minimum atomic E-state index is 0.543. The molecule has 1 aliphatic rings. The summed E-state index contributed by atoms with van der Waals surface area (Å²) >= 11 is 0. The number of hydrogen-bond donors (Lipinski definition) is 1. The van der Waals surface area contributed by atoms with E-state index in [-0.39, 0.29) is 0 Å². The summed E-state index contributed by atoms with van der Waals surface area (Å²) in [5, 5.41) is 12.3. The lowest BCUT2D eigenvalue weighted by atomic mass is 10.1. The van der Waals surface area contributed by atoms with Gasteiger partial charge < -0.3 is 5.32 Å². The molecular weight excluding hydrogens is 198 g/mol. The summed E-state index contributed by atoms with van der Waals surface area (Å²) in [6.45, 7) is 1.83. The van der Waals surface area contributed by atoms with Gasteiger partial charge in [0.2, 0.25) is 0 Å². The average Bonchev–Trinajstić information content (AvgIpc) is 2.83. The summed E-state index contributed by atoms with van der Waals surface area (Å²) in [5.74, 6) is 0.835. The smallest absolute Gasteiger partial charge is 0.144 e. The maximum Gasteiger partial charge on any atom is 0.144 e. The molecule has 0 atom stereocenters. The van der Waals surface area contributed by atoms with Crippen LogP contribution in [0.15, 0.2) is 18.3 Å². The van der Waals surface area contributed by atoms with Crippen molar-refractivity contribution in [2.75, 3.05) is 6.54 Å². The lowest BCUT2D eigenvalue weighted by Gasteiger charge is -2.10. The molecule has 2 rings (SSSR count). The number of nitriles is 1. The van der Waals surface area contributed by atoms with Gasteiger partial charge >= 0.3 is 0 Å². The normalized spacial score (nSPS) is 16.2. The third-order valence-corrected chi connectivity index (χ3v) is 3.22. The van der Waals surface area contributed by atoms with Crippen LogP contribution in [-0.2, 0) is 6.54 Å². The summed E-state index contributed by atoms with van der Waals surface area (Å²) in [7, 11) is 0. The van der Waals surface area contributed by atoms with Crippen molar-refractivity contribution in [2.45, 2.75) is 32.2 Å². The van der Waals surface area contributed by atoms with Gasteiger partial charge in [0.05, 0.1) is 0 Å². The first-order valence-electron chi connectivity index (χ1n) is 5.95. The van der Waals surface area contributed by atoms with Crippen LogP contribution in [0, 0.1) is 17.2 Å². The molecular formula is C13H17N3. The Morgan fingerprint density at radius 2 is 2.25 bits per heavy atom. The molecule has 0 unspecified atom stereocenters. The molecule has 1 aliphatic carbocycles. The van der Waals surface area contributed by atoms with Gasteiger partial charge in [-0.2, -0.15) is 5.26 Å². The first kappa shape index (κ1) is 11.1. The Hall–Kier alpha value is -1.40. The molecule has 1 N–H and O–H groups in total. The van der Waals surface area contributed by atoms with Crippen LogP contribution >= 0.6 is 0 Å². The highest BCUT2D eigenvalue weighted by molar-refractivity contribution is 5.30. The molecule has 0 aromatic carbocycles. The average molecular weight is 215 g/mol. The van der Waals surface area contributed by atoms with E-state index in [1.165, 1.54) is 25.7 Å². The van der Waals surface area contributed by atoms with Gasteiger partial charge in [0.15, 0.2) is 0 Å². The first-order valence-corrected chi connectivity index (χ1v) is 5.95. The fourth-order valence-corrected chi connectivity index (χ4v) is 2.31. The summed E-state index contributed by atoms with van der Waals surface area (Å²) in [6, 6.07) is 5.97. The predicted molar refractivity (Wildman–Crippen MR) is 62.6 cm³/mol. The molecule has 0 bridgehead atoms. The van der Waals surface area contributed by atoms with Crippen LogP contribution in [0.25, 0.3) is 0 Å². The molecule has 1 aromatic heterocycles. The van der Waals surface area contributed by atoms with Crippen LogP contribution in [-0.4, -0.2) is 11.5 Å². The maximum absolute atomic E-state index is 8.89. The van der Waals surface area contributed by atoms with Crippen molar-refractivity contribution < 1.29 is 0 Å². The highest BCUT2D eigenvalue weighted by Gasteiger charge is 2.14. The van der Waals surface area contributed by atoms with E-state index in [0.717, 1.165) is 24.6 Å². The molecule has 1 aromatic rings. The Kier molecular flexibility index (Phi) is 3.90. The molecule has 3 heteroatoms. The zero-order chi connectivity index (χ0) is 11.2.